The van der Waals surface area contributed by atoms with E-state index in [1.807, 2.05) is 11.0 Å². The first-order valence-electron chi connectivity index (χ1n) is 9.85. The lowest BCUT2D eigenvalue weighted by molar-refractivity contribution is -0.120. The predicted molar refractivity (Wildman–Crippen MR) is 108 cm³/mol. The number of nitrogens with one attached hydrogen (secondary N) is 1. The van der Waals surface area contributed by atoms with Gasteiger partial charge in [0.25, 0.3) is 0 Å². The Morgan fingerprint density at radius 1 is 1.11 bits per heavy atom. The van der Waals surface area contributed by atoms with Crippen molar-refractivity contribution in [1.29, 1.82) is 0 Å². The normalized spacial score (nSPS) is 21.4. The van der Waals surface area contributed by atoms with Gasteiger partial charge in [0.05, 0.1) is 17.1 Å². The Hall–Kier alpha value is -1.25. The van der Waals surface area contributed by atoms with E-state index in [9.17, 15) is 13.2 Å². The zero-order valence-corrected chi connectivity index (χ0v) is 17.2. The van der Waals surface area contributed by atoms with Crippen LogP contribution >= 0.6 is 11.8 Å². The van der Waals surface area contributed by atoms with Crippen molar-refractivity contribution in [1.82, 2.24) is 9.62 Å². The second-order valence-electron chi connectivity index (χ2n) is 7.56. The van der Waals surface area contributed by atoms with Crippen molar-refractivity contribution in [3.8, 4) is 0 Å². The molecule has 0 spiro atoms. The van der Waals surface area contributed by atoms with Gasteiger partial charge < -0.3 is 10.2 Å². The first kappa shape index (κ1) is 19.1. The molecule has 3 aliphatic rings. The zero-order chi connectivity index (χ0) is 18.9. The molecule has 1 aromatic rings. The number of carbonyl (C=O) groups is 1. The molecule has 1 aromatic carbocycles. The van der Waals surface area contributed by atoms with E-state index in [4.69, 9.17) is 0 Å². The quantitative estimate of drug-likeness (QED) is 0.809. The molecule has 0 radical (unpaired) electrons. The maximum atomic E-state index is 12.9. The first-order chi connectivity index (χ1) is 13.0. The number of rotatable bonds is 5. The summed E-state index contributed by atoms with van der Waals surface area (Å²) in [6.07, 6.45) is 6.35. The van der Waals surface area contributed by atoms with Crippen molar-refractivity contribution >= 4 is 33.4 Å². The summed E-state index contributed by atoms with van der Waals surface area (Å²) in [5.74, 6) is 0.939. The number of benzene rings is 1. The molecule has 0 unspecified atom stereocenters. The number of sulfonamides is 1. The fourth-order valence-electron chi connectivity index (χ4n) is 4.17. The highest BCUT2D eigenvalue weighted by molar-refractivity contribution is 7.99. The van der Waals surface area contributed by atoms with Crippen LogP contribution in [0.2, 0.25) is 0 Å². The SMILES string of the molecule is O=C(CN1CCSc2ccc(S(=O)(=O)N3CCCC3)cc21)NC1CCCC1. The zero-order valence-electron chi connectivity index (χ0n) is 15.5. The summed E-state index contributed by atoms with van der Waals surface area (Å²) in [4.78, 5) is 15.9. The predicted octanol–water partition coefficient (Wildman–Crippen LogP) is 2.44. The van der Waals surface area contributed by atoms with Crippen LogP contribution in [0.25, 0.3) is 0 Å². The Bertz CT molecular complexity index is 800. The van der Waals surface area contributed by atoms with Crippen LogP contribution in [0.4, 0.5) is 5.69 Å². The Labute approximate surface area is 165 Å². The summed E-state index contributed by atoms with van der Waals surface area (Å²) in [5, 5.41) is 3.13. The molecule has 1 saturated carbocycles. The number of hydrogen-bond donors (Lipinski definition) is 1. The topological polar surface area (TPSA) is 69.7 Å². The lowest BCUT2D eigenvalue weighted by atomic mass is 10.2. The van der Waals surface area contributed by atoms with Gasteiger partial charge in [-0.3, -0.25) is 4.79 Å². The Morgan fingerprint density at radius 2 is 1.85 bits per heavy atom. The molecule has 27 heavy (non-hydrogen) atoms. The highest BCUT2D eigenvalue weighted by Crippen LogP contribution is 2.37. The van der Waals surface area contributed by atoms with Gasteiger partial charge in [-0.05, 0) is 43.9 Å². The minimum atomic E-state index is -3.45. The average molecular weight is 410 g/mol. The van der Waals surface area contributed by atoms with Gasteiger partial charge in [0.15, 0.2) is 0 Å². The lowest BCUT2D eigenvalue weighted by Gasteiger charge is -2.31. The van der Waals surface area contributed by atoms with Crippen LogP contribution in [0, 0.1) is 0 Å². The Morgan fingerprint density at radius 3 is 2.59 bits per heavy atom. The van der Waals surface area contributed by atoms with Crippen LogP contribution < -0.4 is 10.2 Å². The molecule has 1 aliphatic carbocycles. The van der Waals surface area contributed by atoms with Gasteiger partial charge in [-0.2, -0.15) is 4.31 Å². The van der Waals surface area contributed by atoms with Crippen molar-refractivity contribution in [2.45, 2.75) is 54.4 Å². The fourth-order valence-corrected chi connectivity index (χ4v) is 6.74. The van der Waals surface area contributed by atoms with Gasteiger partial charge in [-0.1, -0.05) is 12.8 Å². The molecule has 8 heteroatoms. The van der Waals surface area contributed by atoms with E-state index < -0.39 is 10.0 Å². The van der Waals surface area contributed by atoms with Gasteiger partial charge in [0.2, 0.25) is 15.9 Å². The summed E-state index contributed by atoms with van der Waals surface area (Å²) >= 11 is 1.72. The minimum absolute atomic E-state index is 0.0348. The van der Waals surface area contributed by atoms with Gasteiger partial charge in [0.1, 0.15) is 0 Å². The number of nitrogens with zero attached hydrogens (tertiary/aromatic N) is 2. The van der Waals surface area contributed by atoms with Crippen LogP contribution in [0.3, 0.4) is 0 Å². The molecular weight excluding hydrogens is 382 g/mol. The highest BCUT2D eigenvalue weighted by Gasteiger charge is 2.29. The van der Waals surface area contributed by atoms with E-state index in [1.54, 1.807) is 28.2 Å². The average Bonchev–Trinajstić information content (AvgIpc) is 3.35. The van der Waals surface area contributed by atoms with E-state index in [2.05, 4.69) is 5.32 Å². The summed E-state index contributed by atoms with van der Waals surface area (Å²) in [6, 6.07) is 5.67. The lowest BCUT2D eigenvalue weighted by Crippen LogP contribution is -2.43. The van der Waals surface area contributed by atoms with Crippen molar-refractivity contribution in [2.75, 3.05) is 36.8 Å². The maximum Gasteiger partial charge on any atom is 0.243 e. The van der Waals surface area contributed by atoms with Crippen LogP contribution in [0.5, 0.6) is 0 Å². The second kappa shape index (κ2) is 8.01. The maximum absolute atomic E-state index is 12.9. The number of anilines is 1. The second-order valence-corrected chi connectivity index (χ2v) is 10.6. The number of hydrogen-bond acceptors (Lipinski definition) is 5. The van der Waals surface area contributed by atoms with E-state index in [0.717, 1.165) is 48.6 Å². The van der Waals surface area contributed by atoms with Gasteiger partial charge in [-0.25, -0.2) is 8.42 Å². The third-order valence-corrected chi connectivity index (χ3v) is 8.58. The summed E-state index contributed by atoms with van der Waals surface area (Å²) in [6.45, 7) is 2.24. The van der Waals surface area contributed by atoms with Crippen LogP contribution in [0.15, 0.2) is 28.0 Å². The molecule has 2 fully saturated rings. The third kappa shape index (κ3) is 4.12. The van der Waals surface area contributed by atoms with Crippen LogP contribution in [0.1, 0.15) is 38.5 Å². The summed E-state index contributed by atoms with van der Waals surface area (Å²) in [7, 11) is -3.45. The molecule has 1 amide bonds. The van der Waals surface area contributed by atoms with E-state index in [-0.39, 0.29) is 12.5 Å². The minimum Gasteiger partial charge on any atom is -0.360 e. The van der Waals surface area contributed by atoms with E-state index in [1.165, 1.54) is 12.8 Å². The van der Waals surface area contributed by atoms with Gasteiger partial charge in [0, 0.05) is 36.3 Å². The molecule has 148 valence electrons. The van der Waals surface area contributed by atoms with Crippen molar-refractivity contribution in [3.05, 3.63) is 18.2 Å². The smallest absolute Gasteiger partial charge is 0.243 e. The van der Waals surface area contributed by atoms with E-state index in [0.29, 0.717) is 24.0 Å². The summed E-state index contributed by atoms with van der Waals surface area (Å²) < 4.78 is 27.4. The van der Waals surface area contributed by atoms with Crippen molar-refractivity contribution in [2.24, 2.45) is 0 Å². The molecule has 0 atom stereocenters. The van der Waals surface area contributed by atoms with Crippen LogP contribution in [-0.4, -0.2) is 56.6 Å². The molecule has 2 aliphatic heterocycles. The highest BCUT2D eigenvalue weighted by atomic mass is 32.2. The molecule has 6 nitrogen and oxygen atoms in total. The largest absolute Gasteiger partial charge is 0.360 e. The number of carbonyl (C=O) groups excluding carboxylic acids is 1. The molecule has 4 rings (SSSR count). The number of fused-ring (bicyclic) bond motifs is 1. The number of amides is 1. The molecule has 1 N–H and O–H groups in total. The van der Waals surface area contributed by atoms with E-state index >= 15 is 0 Å². The standard InChI is InChI=1S/C19H27N3O3S2/c23-19(20-15-5-1-2-6-15)14-21-11-12-26-18-8-7-16(13-17(18)21)27(24,25)22-9-3-4-10-22/h7-8,13,15H,1-6,9-12,14H2,(H,20,23). The van der Waals surface area contributed by atoms with Gasteiger partial charge >= 0.3 is 0 Å². The van der Waals surface area contributed by atoms with Crippen LogP contribution in [-0.2, 0) is 14.8 Å². The summed E-state index contributed by atoms with van der Waals surface area (Å²) in [5.41, 5.74) is 0.869. The van der Waals surface area contributed by atoms with Crippen molar-refractivity contribution in [3.63, 3.8) is 0 Å². The molecule has 1 saturated heterocycles. The number of thioether (sulfide) groups is 1. The molecular formula is C19H27N3O3S2. The molecule has 0 bridgehead atoms. The fraction of sp³-hybridized carbons (Fsp3) is 0.632. The molecule has 0 aromatic heterocycles. The molecule has 2 heterocycles. The Kier molecular flexibility index (Phi) is 5.66. The Balaban J connectivity index is 1.53. The van der Waals surface area contributed by atoms with Gasteiger partial charge in [-0.15, -0.1) is 11.8 Å². The monoisotopic (exact) mass is 409 g/mol. The van der Waals surface area contributed by atoms with Crippen molar-refractivity contribution < 1.29 is 13.2 Å². The first-order valence-corrected chi connectivity index (χ1v) is 12.3. The third-order valence-electron chi connectivity index (χ3n) is 5.65.